The van der Waals surface area contributed by atoms with Crippen molar-refractivity contribution in [3.8, 4) is 17.1 Å². The zero-order valence-corrected chi connectivity index (χ0v) is 25.3. The van der Waals surface area contributed by atoms with Crippen LogP contribution in [0.4, 0.5) is 0 Å². The zero-order chi connectivity index (χ0) is 28.4. The Bertz CT molecular complexity index is 1680. The number of aromatic amines is 1. The van der Waals surface area contributed by atoms with E-state index in [0.29, 0.717) is 62.6 Å². The van der Waals surface area contributed by atoms with E-state index in [-0.39, 0.29) is 21.8 Å². The molecule has 0 atom stereocenters. The van der Waals surface area contributed by atoms with E-state index < -0.39 is 10.0 Å². The van der Waals surface area contributed by atoms with Gasteiger partial charge in [-0.2, -0.15) is 9.40 Å². The second-order valence-corrected chi connectivity index (χ2v) is 12.7. The fraction of sp³-hybridized carbons (Fsp3) is 0.393. The highest BCUT2D eigenvalue weighted by molar-refractivity contribution is 9.10. The van der Waals surface area contributed by atoms with E-state index in [1.165, 1.54) is 4.31 Å². The van der Waals surface area contributed by atoms with E-state index in [0.717, 1.165) is 22.2 Å². The molecule has 0 unspecified atom stereocenters. The quantitative estimate of drug-likeness (QED) is 0.299. The van der Waals surface area contributed by atoms with E-state index in [4.69, 9.17) is 9.72 Å². The molecule has 1 saturated heterocycles. The molecule has 2 aromatic carbocycles. The molecule has 0 bridgehead atoms. The van der Waals surface area contributed by atoms with Gasteiger partial charge in [0.15, 0.2) is 5.52 Å². The van der Waals surface area contributed by atoms with Gasteiger partial charge in [-0.3, -0.25) is 9.48 Å². The minimum absolute atomic E-state index is 0.137. The molecule has 0 saturated carbocycles. The third-order valence-corrected chi connectivity index (χ3v) is 9.46. The Morgan fingerprint density at radius 2 is 1.75 bits per heavy atom. The summed E-state index contributed by atoms with van der Waals surface area (Å²) in [7, 11) is -1.76. The van der Waals surface area contributed by atoms with Gasteiger partial charge in [0.25, 0.3) is 5.56 Å². The molecule has 1 N–H and O–H groups in total. The number of hydrogen-bond donors (Lipinski definition) is 1. The van der Waals surface area contributed by atoms with Crippen LogP contribution < -0.4 is 10.3 Å². The smallest absolute Gasteiger partial charge is 0.279 e. The summed E-state index contributed by atoms with van der Waals surface area (Å²) in [6.07, 6.45) is 1.52. The molecular formula is C28H33BrN6O4S. The number of H-pyrrole nitrogens is 1. The zero-order valence-electron chi connectivity index (χ0n) is 22.9. The summed E-state index contributed by atoms with van der Waals surface area (Å²) in [4.78, 5) is 23.2. The molecule has 2 aromatic heterocycles. The molecule has 12 heteroatoms. The lowest BCUT2D eigenvalue weighted by atomic mass is 10.1. The van der Waals surface area contributed by atoms with Crippen molar-refractivity contribution in [3.63, 3.8) is 0 Å². The Kier molecular flexibility index (Phi) is 8.41. The maximum atomic E-state index is 13.5. The highest BCUT2D eigenvalue weighted by Crippen LogP contribution is 2.32. The number of fused-ring (bicyclic) bond motifs is 1. The fourth-order valence-electron chi connectivity index (χ4n) is 4.88. The number of hydrogen-bond acceptors (Lipinski definition) is 7. The number of aryl methyl sites for hydroxylation is 1. The van der Waals surface area contributed by atoms with Crippen LogP contribution in [-0.2, 0) is 23.0 Å². The van der Waals surface area contributed by atoms with Crippen molar-refractivity contribution in [2.45, 2.75) is 38.1 Å². The summed E-state index contributed by atoms with van der Waals surface area (Å²) in [5.74, 6) is 0.693. The van der Waals surface area contributed by atoms with Crippen LogP contribution in [0.2, 0.25) is 0 Å². The first-order chi connectivity index (χ1) is 19.2. The van der Waals surface area contributed by atoms with Crippen LogP contribution in [0, 0.1) is 0 Å². The highest BCUT2D eigenvalue weighted by atomic mass is 79.9. The number of rotatable bonds is 9. The molecule has 1 aliphatic heterocycles. The number of piperazine rings is 1. The number of aromatic nitrogens is 4. The van der Waals surface area contributed by atoms with E-state index in [9.17, 15) is 13.2 Å². The molecule has 0 radical (unpaired) electrons. The number of sulfonamides is 1. The Labute approximate surface area is 242 Å². The van der Waals surface area contributed by atoms with Crippen molar-refractivity contribution in [1.82, 2.24) is 29.0 Å². The highest BCUT2D eigenvalue weighted by Gasteiger charge is 2.29. The molecule has 4 aromatic rings. The molecule has 1 fully saturated rings. The van der Waals surface area contributed by atoms with Crippen LogP contribution in [0.3, 0.4) is 0 Å². The van der Waals surface area contributed by atoms with Gasteiger partial charge >= 0.3 is 0 Å². The van der Waals surface area contributed by atoms with Crippen molar-refractivity contribution in [2.24, 2.45) is 0 Å². The summed E-state index contributed by atoms with van der Waals surface area (Å²) in [5, 5.41) is 4.63. The molecular weight excluding hydrogens is 596 g/mol. The minimum atomic E-state index is -3.74. The first-order valence-corrected chi connectivity index (χ1v) is 15.6. The topological polar surface area (TPSA) is 113 Å². The van der Waals surface area contributed by atoms with Crippen molar-refractivity contribution >= 4 is 37.0 Å². The summed E-state index contributed by atoms with van der Waals surface area (Å²) >= 11 is 3.47. The second kappa shape index (κ2) is 11.8. The lowest BCUT2D eigenvalue weighted by Gasteiger charge is -2.31. The van der Waals surface area contributed by atoms with E-state index in [2.05, 4.69) is 37.8 Å². The molecule has 10 nitrogen and oxygen atoms in total. The monoisotopic (exact) mass is 628 g/mol. The van der Waals surface area contributed by atoms with Crippen molar-refractivity contribution in [1.29, 1.82) is 0 Å². The SMILES string of the molecule is CCCc1c2nc(-c3cc(S(=O)(=O)N4CCN(C)CC4)ccc3OCC)[nH]c(=O)c2nn1Cc1ccc(Br)cc1. The van der Waals surface area contributed by atoms with Gasteiger partial charge in [-0.05, 0) is 56.3 Å². The van der Waals surface area contributed by atoms with E-state index in [1.807, 2.05) is 42.9 Å². The average molecular weight is 630 g/mol. The maximum Gasteiger partial charge on any atom is 0.279 e. The van der Waals surface area contributed by atoms with Crippen molar-refractivity contribution < 1.29 is 13.2 Å². The normalized spacial score (nSPS) is 15.1. The van der Waals surface area contributed by atoms with Crippen molar-refractivity contribution in [3.05, 3.63) is 68.5 Å². The minimum Gasteiger partial charge on any atom is -0.493 e. The van der Waals surface area contributed by atoms with Gasteiger partial charge in [0.1, 0.15) is 17.1 Å². The first-order valence-electron chi connectivity index (χ1n) is 13.4. The molecule has 212 valence electrons. The van der Waals surface area contributed by atoms with E-state index in [1.54, 1.807) is 18.2 Å². The number of ether oxygens (including phenoxy) is 1. The van der Waals surface area contributed by atoms with Crippen LogP contribution >= 0.6 is 15.9 Å². The Morgan fingerprint density at radius 1 is 1.02 bits per heavy atom. The van der Waals surface area contributed by atoms with Gasteiger partial charge in [0.05, 0.1) is 29.3 Å². The molecule has 40 heavy (non-hydrogen) atoms. The molecule has 1 aliphatic rings. The van der Waals surface area contributed by atoms with Crippen LogP contribution in [0.1, 0.15) is 31.5 Å². The molecule has 0 aliphatic carbocycles. The van der Waals surface area contributed by atoms with Crippen LogP contribution in [0.5, 0.6) is 5.75 Å². The summed E-state index contributed by atoms with van der Waals surface area (Å²) in [6, 6.07) is 12.7. The number of halogens is 1. The molecule has 5 rings (SSSR count). The average Bonchev–Trinajstić information content (AvgIpc) is 3.28. The van der Waals surface area contributed by atoms with Gasteiger partial charge in [-0.25, -0.2) is 13.4 Å². The summed E-state index contributed by atoms with van der Waals surface area (Å²) in [6.45, 7) is 6.95. The standard InChI is InChI=1S/C28H33BrN6O4S/c1-4-6-23-25-26(32-35(23)18-19-7-9-20(29)10-8-19)28(36)31-27(30-25)22-17-21(11-12-24(22)39-5-2)40(37,38)34-15-13-33(3)14-16-34/h7-12,17H,4-6,13-16,18H2,1-3H3,(H,30,31,36). The summed E-state index contributed by atoms with van der Waals surface area (Å²) in [5.41, 5.74) is 2.69. The summed E-state index contributed by atoms with van der Waals surface area (Å²) < 4.78 is 37.2. The van der Waals surface area contributed by atoms with Gasteiger partial charge in [-0.15, -0.1) is 0 Å². The third-order valence-electron chi connectivity index (χ3n) is 7.04. The van der Waals surface area contributed by atoms with Crippen LogP contribution in [0.25, 0.3) is 22.4 Å². The number of nitrogens with one attached hydrogen (secondary N) is 1. The Hall–Kier alpha value is -3.06. The Balaban J connectivity index is 1.61. The second-order valence-electron chi connectivity index (χ2n) is 9.89. The van der Waals surface area contributed by atoms with Crippen LogP contribution in [0.15, 0.2) is 56.6 Å². The number of nitrogens with zero attached hydrogens (tertiary/aromatic N) is 5. The fourth-order valence-corrected chi connectivity index (χ4v) is 6.60. The third kappa shape index (κ3) is 5.71. The predicted octanol–water partition coefficient (Wildman–Crippen LogP) is 3.88. The molecule has 3 heterocycles. The van der Waals surface area contributed by atoms with E-state index >= 15 is 0 Å². The first kappa shape index (κ1) is 28.5. The number of benzene rings is 2. The lowest BCUT2D eigenvalue weighted by molar-refractivity contribution is 0.222. The van der Waals surface area contributed by atoms with Gasteiger partial charge < -0.3 is 14.6 Å². The van der Waals surface area contributed by atoms with Gasteiger partial charge in [-0.1, -0.05) is 41.4 Å². The number of likely N-dealkylation sites (N-methyl/N-ethyl adjacent to an activating group) is 1. The Morgan fingerprint density at radius 3 is 2.42 bits per heavy atom. The molecule has 0 spiro atoms. The lowest BCUT2D eigenvalue weighted by Crippen LogP contribution is -2.47. The largest absolute Gasteiger partial charge is 0.493 e. The predicted molar refractivity (Wildman–Crippen MR) is 158 cm³/mol. The molecule has 0 amide bonds. The van der Waals surface area contributed by atoms with Gasteiger partial charge in [0, 0.05) is 30.7 Å². The van der Waals surface area contributed by atoms with Gasteiger partial charge in [0.2, 0.25) is 10.0 Å². The van der Waals surface area contributed by atoms with Crippen molar-refractivity contribution in [2.75, 3.05) is 39.8 Å². The van der Waals surface area contributed by atoms with Crippen LogP contribution in [-0.4, -0.2) is 77.2 Å². The maximum absolute atomic E-state index is 13.5.